The van der Waals surface area contributed by atoms with Crippen LogP contribution in [0.1, 0.15) is 22.4 Å². The molecule has 0 radical (unpaired) electrons. The molecule has 0 fully saturated rings. The quantitative estimate of drug-likeness (QED) is 0.835. The molecule has 2 aromatic rings. The molecule has 17 heavy (non-hydrogen) atoms. The second-order valence-electron chi connectivity index (χ2n) is 4.03. The second-order valence-corrected chi connectivity index (χ2v) is 4.92. The molecule has 1 aliphatic rings. The lowest BCUT2D eigenvalue weighted by Gasteiger charge is -2.06. The van der Waals surface area contributed by atoms with Crippen LogP contribution in [0.2, 0.25) is 0 Å². The van der Waals surface area contributed by atoms with Gasteiger partial charge in [-0.25, -0.2) is 4.98 Å². The van der Waals surface area contributed by atoms with Crippen molar-refractivity contribution in [3.8, 4) is 5.75 Å². The number of fused-ring (bicyclic) bond motifs is 1. The third-order valence-corrected chi connectivity index (χ3v) is 3.77. The fourth-order valence-corrected chi connectivity index (χ4v) is 2.84. The van der Waals surface area contributed by atoms with Crippen LogP contribution >= 0.6 is 11.3 Å². The van der Waals surface area contributed by atoms with E-state index in [1.165, 1.54) is 5.56 Å². The molecular formula is C13H13NO2S. The first-order valence-corrected chi connectivity index (χ1v) is 6.42. The number of thiazole rings is 1. The molecule has 0 spiro atoms. The van der Waals surface area contributed by atoms with Gasteiger partial charge in [-0.1, -0.05) is 18.2 Å². The number of ether oxygens (including phenoxy) is 2. The second kappa shape index (κ2) is 4.47. The average molecular weight is 247 g/mol. The summed E-state index contributed by atoms with van der Waals surface area (Å²) < 4.78 is 11.0. The normalized spacial score (nSPS) is 17.8. The summed E-state index contributed by atoms with van der Waals surface area (Å²) in [6, 6.07) is 8.17. The van der Waals surface area contributed by atoms with Gasteiger partial charge in [-0.15, -0.1) is 11.3 Å². The van der Waals surface area contributed by atoms with E-state index < -0.39 is 0 Å². The van der Waals surface area contributed by atoms with Gasteiger partial charge < -0.3 is 9.47 Å². The van der Waals surface area contributed by atoms with Crippen molar-refractivity contribution in [3.05, 3.63) is 45.9 Å². The Kier molecular flexibility index (Phi) is 2.82. The van der Waals surface area contributed by atoms with Crippen LogP contribution in [-0.4, -0.2) is 12.1 Å². The Labute approximate surface area is 104 Å². The molecule has 2 heterocycles. The summed E-state index contributed by atoms with van der Waals surface area (Å²) in [6.07, 6.45) is 0.985. The summed E-state index contributed by atoms with van der Waals surface area (Å²) in [5, 5.41) is 3.07. The van der Waals surface area contributed by atoms with E-state index in [4.69, 9.17) is 9.47 Å². The number of aromatic nitrogens is 1. The lowest BCUT2D eigenvalue weighted by molar-refractivity contribution is 0.181. The van der Waals surface area contributed by atoms with E-state index in [1.54, 1.807) is 18.4 Å². The molecule has 1 aromatic heterocycles. The standard InChI is InChI=1S/C13H13NO2S/c1-15-7-10-8-17-13(14-10)12-6-9-4-2-3-5-11(9)16-12/h2-5,8,12H,6-7H2,1H3. The van der Waals surface area contributed by atoms with Gasteiger partial charge in [-0.3, -0.25) is 0 Å². The van der Waals surface area contributed by atoms with Crippen molar-refractivity contribution in [3.63, 3.8) is 0 Å². The minimum Gasteiger partial charge on any atom is -0.483 e. The molecule has 0 bridgehead atoms. The van der Waals surface area contributed by atoms with E-state index in [9.17, 15) is 0 Å². The highest BCUT2D eigenvalue weighted by Crippen LogP contribution is 2.37. The van der Waals surface area contributed by atoms with Crippen molar-refractivity contribution in [2.75, 3.05) is 7.11 Å². The molecule has 0 N–H and O–H groups in total. The van der Waals surface area contributed by atoms with E-state index in [0.717, 1.165) is 22.9 Å². The first-order chi connectivity index (χ1) is 8.36. The smallest absolute Gasteiger partial charge is 0.154 e. The number of benzene rings is 1. The zero-order valence-corrected chi connectivity index (χ0v) is 10.4. The number of rotatable bonds is 3. The molecule has 1 aromatic carbocycles. The summed E-state index contributed by atoms with van der Waals surface area (Å²) in [7, 11) is 1.68. The van der Waals surface area contributed by atoms with Crippen LogP contribution in [0.4, 0.5) is 0 Å². The molecule has 88 valence electrons. The molecule has 3 nitrogen and oxygen atoms in total. The largest absolute Gasteiger partial charge is 0.483 e. The van der Waals surface area contributed by atoms with Crippen molar-refractivity contribution in [2.24, 2.45) is 0 Å². The highest BCUT2D eigenvalue weighted by atomic mass is 32.1. The van der Waals surface area contributed by atoms with Gasteiger partial charge in [0.25, 0.3) is 0 Å². The van der Waals surface area contributed by atoms with Crippen molar-refractivity contribution < 1.29 is 9.47 Å². The summed E-state index contributed by atoms with van der Waals surface area (Å²) in [6.45, 7) is 0.566. The monoisotopic (exact) mass is 247 g/mol. The molecule has 1 unspecified atom stereocenters. The van der Waals surface area contributed by atoms with Gasteiger partial charge in [0.15, 0.2) is 6.10 Å². The van der Waals surface area contributed by atoms with Crippen LogP contribution < -0.4 is 4.74 Å². The molecule has 1 aliphatic heterocycles. The van der Waals surface area contributed by atoms with Crippen LogP contribution in [-0.2, 0) is 17.8 Å². The van der Waals surface area contributed by atoms with E-state index in [1.807, 2.05) is 23.6 Å². The SMILES string of the molecule is COCc1csc(C2Cc3ccccc3O2)n1. The van der Waals surface area contributed by atoms with Crippen molar-refractivity contribution >= 4 is 11.3 Å². The topological polar surface area (TPSA) is 31.4 Å². The molecule has 1 atom stereocenters. The van der Waals surface area contributed by atoms with Gasteiger partial charge in [0, 0.05) is 18.9 Å². The van der Waals surface area contributed by atoms with E-state index in [2.05, 4.69) is 11.1 Å². The Hall–Kier alpha value is -1.39. The van der Waals surface area contributed by atoms with Crippen LogP contribution in [0.15, 0.2) is 29.6 Å². The molecular weight excluding hydrogens is 234 g/mol. The maximum atomic E-state index is 5.89. The number of methoxy groups -OCH3 is 1. The Balaban J connectivity index is 1.79. The third-order valence-electron chi connectivity index (χ3n) is 2.78. The molecule has 4 heteroatoms. The van der Waals surface area contributed by atoms with Gasteiger partial charge in [0.05, 0.1) is 12.3 Å². The fraction of sp³-hybridized carbons (Fsp3) is 0.308. The number of nitrogens with zero attached hydrogens (tertiary/aromatic N) is 1. The maximum Gasteiger partial charge on any atom is 0.154 e. The van der Waals surface area contributed by atoms with Gasteiger partial charge in [-0.05, 0) is 11.6 Å². The number of hydrogen-bond acceptors (Lipinski definition) is 4. The van der Waals surface area contributed by atoms with E-state index in [0.29, 0.717) is 6.61 Å². The predicted octanol–water partition coefficient (Wildman–Crippen LogP) is 2.97. The highest BCUT2D eigenvalue weighted by molar-refractivity contribution is 7.09. The Bertz CT molecular complexity index is 499. The van der Waals surface area contributed by atoms with Crippen LogP contribution in [0.5, 0.6) is 5.75 Å². The predicted molar refractivity (Wildman–Crippen MR) is 66.3 cm³/mol. The summed E-state index contributed by atoms with van der Waals surface area (Å²) in [5.41, 5.74) is 2.24. The van der Waals surface area contributed by atoms with Crippen LogP contribution in [0.3, 0.4) is 0 Å². The van der Waals surface area contributed by atoms with Gasteiger partial charge in [0.1, 0.15) is 10.8 Å². The Morgan fingerprint density at radius 3 is 3.18 bits per heavy atom. The average Bonchev–Trinajstić information content (AvgIpc) is 2.94. The fourth-order valence-electron chi connectivity index (χ4n) is 2.00. The van der Waals surface area contributed by atoms with Gasteiger partial charge in [-0.2, -0.15) is 0 Å². The third kappa shape index (κ3) is 2.06. The first kappa shape index (κ1) is 10.7. The lowest BCUT2D eigenvalue weighted by atomic mass is 10.1. The molecule has 3 rings (SSSR count). The lowest BCUT2D eigenvalue weighted by Crippen LogP contribution is -2.03. The summed E-state index contributed by atoms with van der Waals surface area (Å²) in [4.78, 5) is 4.53. The Morgan fingerprint density at radius 2 is 2.35 bits per heavy atom. The van der Waals surface area contributed by atoms with Crippen LogP contribution in [0.25, 0.3) is 0 Å². The molecule has 0 saturated carbocycles. The zero-order chi connectivity index (χ0) is 11.7. The van der Waals surface area contributed by atoms with E-state index >= 15 is 0 Å². The number of hydrogen-bond donors (Lipinski definition) is 0. The molecule has 0 aliphatic carbocycles. The van der Waals surface area contributed by atoms with Gasteiger partial charge >= 0.3 is 0 Å². The number of para-hydroxylation sites is 1. The van der Waals surface area contributed by atoms with Crippen molar-refractivity contribution in [1.82, 2.24) is 4.98 Å². The minimum atomic E-state index is 0.0722. The highest BCUT2D eigenvalue weighted by Gasteiger charge is 2.26. The van der Waals surface area contributed by atoms with Gasteiger partial charge in [0.2, 0.25) is 0 Å². The zero-order valence-electron chi connectivity index (χ0n) is 9.55. The van der Waals surface area contributed by atoms with Crippen LogP contribution in [0, 0.1) is 0 Å². The van der Waals surface area contributed by atoms with E-state index in [-0.39, 0.29) is 6.10 Å². The minimum absolute atomic E-state index is 0.0722. The molecule has 0 saturated heterocycles. The van der Waals surface area contributed by atoms with Crippen molar-refractivity contribution in [2.45, 2.75) is 19.1 Å². The van der Waals surface area contributed by atoms with Crippen molar-refractivity contribution in [1.29, 1.82) is 0 Å². The Morgan fingerprint density at radius 1 is 1.47 bits per heavy atom. The molecule has 0 amide bonds. The first-order valence-electron chi connectivity index (χ1n) is 5.54. The summed E-state index contributed by atoms with van der Waals surface area (Å²) >= 11 is 1.64. The summed E-state index contributed by atoms with van der Waals surface area (Å²) in [5.74, 6) is 0.987. The maximum absolute atomic E-state index is 5.89.